The minimum absolute atomic E-state index is 0.0185. The molecule has 5 heteroatoms. The topological polar surface area (TPSA) is 17.8 Å². The van der Waals surface area contributed by atoms with E-state index < -0.39 is 11.7 Å². The molecule has 0 aliphatic carbocycles. The molecular formula is C10H9F3N2. The van der Waals surface area contributed by atoms with Crippen LogP contribution in [0.15, 0.2) is 18.3 Å². The summed E-state index contributed by atoms with van der Waals surface area (Å²) >= 11 is 0. The maximum atomic E-state index is 12.6. The van der Waals surface area contributed by atoms with Gasteiger partial charge in [0.2, 0.25) is 0 Å². The summed E-state index contributed by atoms with van der Waals surface area (Å²) in [6.45, 7) is 1.77. The molecule has 2 nitrogen and oxygen atoms in total. The Hall–Kier alpha value is -1.52. The van der Waals surface area contributed by atoms with Crippen molar-refractivity contribution >= 4 is 10.9 Å². The number of hydrogen-bond donors (Lipinski definition) is 0. The number of hydrogen-bond acceptors (Lipinski definition) is 1. The largest absolute Gasteiger partial charge is 0.418 e. The summed E-state index contributed by atoms with van der Waals surface area (Å²) < 4.78 is 39.2. The van der Waals surface area contributed by atoms with Crippen LogP contribution in [0.1, 0.15) is 11.1 Å². The first-order valence-electron chi connectivity index (χ1n) is 4.40. The van der Waals surface area contributed by atoms with Crippen molar-refractivity contribution in [2.24, 2.45) is 7.05 Å². The first-order valence-corrected chi connectivity index (χ1v) is 4.40. The quantitative estimate of drug-likeness (QED) is 0.659. The van der Waals surface area contributed by atoms with Crippen LogP contribution < -0.4 is 0 Å². The van der Waals surface area contributed by atoms with Crippen molar-refractivity contribution in [3.05, 3.63) is 29.5 Å². The normalized spacial score (nSPS) is 12.3. The fourth-order valence-corrected chi connectivity index (χ4v) is 1.58. The molecule has 0 spiro atoms. The molecule has 2 aromatic rings. The van der Waals surface area contributed by atoms with Gasteiger partial charge in [0.05, 0.1) is 5.56 Å². The molecule has 1 aromatic heterocycles. The Kier molecular flexibility index (Phi) is 1.99. The maximum Gasteiger partial charge on any atom is 0.418 e. The van der Waals surface area contributed by atoms with E-state index in [1.165, 1.54) is 10.7 Å². The molecule has 15 heavy (non-hydrogen) atoms. The van der Waals surface area contributed by atoms with Crippen LogP contribution in [0.2, 0.25) is 0 Å². The first kappa shape index (κ1) is 10.0. The molecule has 0 saturated heterocycles. The molecule has 0 saturated carbocycles. The number of fused-ring (bicyclic) bond motifs is 1. The predicted octanol–water partition coefficient (Wildman–Crippen LogP) is 2.90. The molecule has 0 N–H and O–H groups in total. The second-order valence-corrected chi connectivity index (χ2v) is 3.49. The molecule has 80 valence electrons. The van der Waals surface area contributed by atoms with Gasteiger partial charge in [-0.25, -0.2) is 0 Å². The lowest BCUT2D eigenvalue weighted by atomic mass is 10.1. The Bertz CT molecular complexity index is 511. The van der Waals surface area contributed by atoms with Crippen LogP contribution >= 0.6 is 0 Å². The first-order chi connectivity index (χ1) is 6.89. The van der Waals surface area contributed by atoms with Crippen molar-refractivity contribution in [2.75, 3.05) is 0 Å². The monoisotopic (exact) mass is 214 g/mol. The van der Waals surface area contributed by atoms with E-state index in [4.69, 9.17) is 0 Å². The minimum atomic E-state index is -4.35. The molecule has 0 aliphatic rings. The van der Waals surface area contributed by atoms with Crippen molar-refractivity contribution in [1.82, 2.24) is 9.78 Å². The molecular weight excluding hydrogens is 205 g/mol. The molecule has 2 rings (SSSR count). The Morgan fingerprint density at radius 1 is 1.27 bits per heavy atom. The zero-order valence-corrected chi connectivity index (χ0v) is 8.26. The van der Waals surface area contributed by atoms with E-state index in [0.29, 0.717) is 5.39 Å². The second kappa shape index (κ2) is 2.98. The molecule has 1 aromatic carbocycles. The summed E-state index contributed by atoms with van der Waals surface area (Å²) in [5.74, 6) is 0. The third kappa shape index (κ3) is 1.58. The number of benzene rings is 1. The van der Waals surface area contributed by atoms with Crippen molar-refractivity contribution in [3.63, 3.8) is 0 Å². The summed E-state index contributed by atoms with van der Waals surface area (Å²) in [5.41, 5.74) is 0.139. The van der Waals surface area contributed by atoms with Crippen molar-refractivity contribution < 1.29 is 13.2 Å². The predicted molar refractivity (Wildman–Crippen MR) is 50.5 cm³/mol. The number of nitrogens with zero attached hydrogens (tertiary/aromatic N) is 2. The van der Waals surface area contributed by atoms with Gasteiger partial charge in [0.1, 0.15) is 5.52 Å². The zero-order valence-electron chi connectivity index (χ0n) is 8.26. The summed E-state index contributed by atoms with van der Waals surface area (Å²) in [6.07, 6.45) is -2.75. The molecule has 1 heterocycles. The van der Waals surface area contributed by atoms with E-state index in [1.807, 2.05) is 0 Å². The van der Waals surface area contributed by atoms with Gasteiger partial charge in [0, 0.05) is 18.6 Å². The Morgan fingerprint density at radius 2 is 1.93 bits per heavy atom. The molecule has 0 radical (unpaired) electrons. The summed E-state index contributed by atoms with van der Waals surface area (Å²) in [5, 5.41) is 4.39. The highest BCUT2D eigenvalue weighted by atomic mass is 19.4. The van der Waals surface area contributed by atoms with Gasteiger partial charge in [-0.1, -0.05) is 6.07 Å². The van der Waals surface area contributed by atoms with Gasteiger partial charge < -0.3 is 0 Å². The van der Waals surface area contributed by atoms with Crippen LogP contribution in [0.3, 0.4) is 0 Å². The third-order valence-corrected chi connectivity index (χ3v) is 2.31. The molecule has 0 aliphatic heterocycles. The summed E-state index contributed by atoms with van der Waals surface area (Å²) in [6, 6.07) is 2.54. The highest BCUT2D eigenvalue weighted by Gasteiger charge is 2.33. The Balaban J connectivity index is 2.83. The van der Waals surface area contributed by atoms with Crippen LogP contribution in [0.4, 0.5) is 13.2 Å². The van der Waals surface area contributed by atoms with Gasteiger partial charge in [0.25, 0.3) is 0 Å². The fourth-order valence-electron chi connectivity index (χ4n) is 1.58. The van der Waals surface area contributed by atoms with Gasteiger partial charge in [-0.05, 0) is 18.6 Å². The van der Waals surface area contributed by atoms with E-state index >= 15 is 0 Å². The van der Waals surface area contributed by atoms with Gasteiger partial charge in [-0.15, -0.1) is 0 Å². The van der Waals surface area contributed by atoms with Crippen LogP contribution in [0, 0.1) is 6.92 Å². The lowest BCUT2D eigenvalue weighted by Gasteiger charge is -2.07. The Labute approximate surface area is 84.3 Å². The summed E-state index contributed by atoms with van der Waals surface area (Å²) in [7, 11) is 1.61. The molecule has 0 fully saturated rings. The minimum Gasteiger partial charge on any atom is -0.275 e. The third-order valence-electron chi connectivity index (χ3n) is 2.31. The number of rotatable bonds is 0. The van der Waals surface area contributed by atoms with Gasteiger partial charge >= 0.3 is 6.18 Å². The second-order valence-electron chi connectivity index (χ2n) is 3.49. The Morgan fingerprint density at radius 3 is 2.53 bits per heavy atom. The fraction of sp³-hybridized carbons (Fsp3) is 0.300. The highest BCUT2D eigenvalue weighted by molar-refractivity contribution is 5.85. The molecule has 0 amide bonds. The standard InChI is InChI=1S/C10H9F3N2/c1-6-3-4-8(10(11,12)13)9-7(6)5-15(2)14-9/h3-5H,1-2H3. The summed E-state index contributed by atoms with van der Waals surface area (Å²) in [4.78, 5) is 0. The van der Waals surface area contributed by atoms with E-state index in [-0.39, 0.29) is 5.52 Å². The smallest absolute Gasteiger partial charge is 0.275 e. The molecule has 0 bridgehead atoms. The van der Waals surface area contributed by atoms with E-state index in [2.05, 4.69) is 5.10 Å². The van der Waals surface area contributed by atoms with E-state index in [1.54, 1.807) is 20.2 Å². The number of aromatic nitrogens is 2. The average molecular weight is 214 g/mol. The van der Waals surface area contributed by atoms with Crippen LogP contribution in [-0.2, 0) is 13.2 Å². The van der Waals surface area contributed by atoms with Crippen LogP contribution in [-0.4, -0.2) is 9.78 Å². The highest BCUT2D eigenvalue weighted by Crippen LogP contribution is 2.34. The SMILES string of the molecule is Cc1ccc(C(F)(F)F)c2nn(C)cc12. The zero-order chi connectivity index (χ0) is 11.2. The molecule has 0 unspecified atom stereocenters. The van der Waals surface area contributed by atoms with Gasteiger partial charge in [-0.2, -0.15) is 18.3 Å². The van der Waals surface area contributed by atoms with E-state index in [0.717, 1.165) is 11.6 Å². The number of halogens is 3. The van der Waals surface area contributed by atoms with Crippen LogP contribution in [0.5, 0.6) is 0 Å². The number of alkyl halides is 3. The maximum absolute atomic E-state index is 12.6. The van der Waals surface area contributed by atoms with Crippen molar-refractivity contribution in [3.8, 4) is 0 Å². The van der Waals surface area contributed by atoms with E-state index in [9.17, 15) is 13.2 Å². The van der Waals surface area contributed by atoms with Crippen molar-refractivity contribution in [1.29, 1.82) is 0 Å². The number of aryl methyl sites for hydroxylation is 2. The van der Waals surface area contributed by atoms with Crippen molar-refractivity contribution in [2.45, 2.75) is 13.1 Å². The lowest BCUT2D eigenvalue weighted by Crippen LogP contribution is -2.06. The molecule has 0 atom stereocenters. The van der Waals surface area contributed by atoms with Gasteiger partial charge in [-0.3, -0.25) is 4.68 Å². The van der Waals surface area contributed by atoms with Crippen LogP contribution in [0.25, 0.3) is 10.9 Å². The lowest BCUT2D eigenvalue weighted by molar-refractivity contribution is -0.136. The van der Waals surface area contributed by atoms with Gasteiger partial charge in [0.15, 0.2) is 0 Å². The average Bonchev–Trinajstić information content (AvgIpc) is 2.45.